The topological polar surface area (TPSA) is 38.8 Å². The number of ether oxygens (including phenoxy) is 2. The molecule has 0 bridgehead atoms. The Morgan fingerprint density at radius 1 is 1.13 bits per heavy atom. The first-order chi connectivity index (χ1) is 11.0. The lowest BCUT2D eigenvalue weighted by atomic mass is 10.0. The van der Waals surface area contributed by atoms with E-state index in [1.54, 1.807) is 19.1 Å². The minimum Gasteiger partial charge on any atom is -0.497 e. The molecule has 0 N–H and O–H groups in total. The molecule has 3 rings (SSSR count). The van der Waals surface area contributed by atoms with Crippen LogP contribution < -0.4 is 14.4 Å². The molecule has 120 valence electrons. The third kappa shape index (κ3) is 2.75. The van der Waals surface area contributed by atoms with Crippen molar-refractivity contribution >= 4 is 23.2 Å². The molecule has 1 aliphatic rings. The summed E-state index contributed by atoms with van der Waals surface area (Å²) < 4.78 is 10.6. The van der Waals surface area contributed by atoms with E-state index in [1.165, 1.54) is 0 Å². The summed E-state index contributed by atoms with van der Waals surface area (Å²) in [6, 6.07) is 11.2. The zero-order valence-electron chi connectivity index (χ0n) is 13.3. The van der Waals surface area contributed by atoms with E-state index in [2.05, 4.69) is 0 Å². The van der Waals surface area contributed by atoms with Crippen LogP contribution in [0.5, 0.6) is 11.5 Å². The Kier molecular flexibility index (Phi) is 4.18. The van der Waals surface area contributed by atoms with Gasteiger partial charge in [0.25, 0.3) is 0 Å². The van der Waals surface area contributed by atoms with E-state index >= 15 is 0 Å². The van der Waals surface area contributed by atoms with Gasteiger partial charge < -0.3 is 14.4 Å². The van der Waals surface area contributed by atoms with Crippen molar-refractivity contribution in [1.29, 1.82) is 0 Å². The van der Waals surface area contributed by atoms with Gasteiger partial charge in [0.05, 0.1) is 26.7 Å². The van der Waals surface area contributed by atoms with Gasteiger partial charge in [-0.25, -0.2) is 0 Å². The number of halogens is 1. The van der Waals surface area contributed by atoms with E-state index in [0.29, 0.717) is 17.3 Å². The molecule has 4 nitrogen and oxygen atoms in total. The summed E-state index contributed by atoms with van der Waals surface area (Å²) in [7, 11) is 3.22. The fourth-order valence-electron chi connectivity index (χ4n) is 2.92. The van der Waals surface area contributed by atoms with Gasteiger partial charge in [-0.2, -0.15) is 0 Å². The number of hydrogen-bond donors (Lipinski definition) is 0. The van der Waals surface area contributed by atoms with Crippen LogP contribution in [0.3, 0.4) is 0 Å². The van der Waals surface area contributed by atoms with Crippen LogP contribution in [0.15, 0.2) is 36.4 Å². The average molecular weight is 332 g/mol. The van der Waals surface area contributed by atoms with Crippen molar-refractivity contribution in [3.8, 4) is 11.5 Å². The molecule has 1 amide bonds. The van der Waals surface area contributed by atoms with Gasteiger partial charge in [-0.3, -0.25) is 4.79 Å². The molecule has 2 aromatic rings. The van der Waals surface area contributed by atoms with Crippen molar-refractivity contribution in [3.63, 3.8) is 0 Å². The summed E-state index contributed by atoms with van der Waals surface area (Å²) in [6.45, 7) is 2.35. The number of rotatable bonds is 4. The lowest BCUT2D eigenvalue weighted by molar-refractivity contribution is -0.119. The Bertz CT molecular complexity index is 760. The second-order valence-electron chi connectivity index (χ2n) is 5.53. The zero-order valence-corrected chi connectivity index (χ0v) is 14.1. The van der Waals surface area contributed by atoms with Crippen molar-refractivity contribution < 1.29 is 14.3 Å². The molecule has 1 atom stereocenters. The van der Waals surface area contributed by atoms with Gasteiger partial charge in [0.2, 0.25) is 5.91 Å². The molecule has 2 aromatic carbocycles. The summed E-state index contributed by atoms with van der Waals surface area (Å²) in [5, 5.41) is 0.646. The fraction of sp³-hybridized carbons (Fsp3) is 0.278. The molecular weight excluding hydrogens is 314 g/mol. The minimum atomic E-state index is -0.187. The molecule has 0 aromatic heterocycles. The van der Waals surface area contributed by atoms with Gasteiger partial charge in [-0.15, -0.1) is 0 Å². The molecule has 1 aliphatic heterocycles. The van der Waals surface area contributed by atoms with Crippen molar-refractivity contribution in [3.05, 3.63) is 52.5 Å². The number of amides is 1. The number of carbonyl (C=O) groups is 1. The fourth-order valence-corrected chi connectivity index (χ4v) is 3.10. The number of hydrogen-bond acceptors (Lipinski definition) is 3. The molecule has 0 aliphatic carbocycles. The number of nitrogens with zero attached hydrogens (tertiary/aromatic N) is 1. The maximum Gasteiger partial charge on any atom is 0.234 e. The van der Waals surface area contributed by atoms with E-state index in [1.807, 2.05) is 43.3 Å². The van der Waals surface area contributed by atoms with E-state index in [9.17, 15) is 4.79 Å². The van der Waals surface area contributed by atoms with Crippen LogP contribution >= 0.6 is 11.6 Å². The molecule has 1 unspecified atom stereocenters. The second-order valence-corrected chi connectivity index (χ2v) is 5.96. The first-order valence-electron chi connectivity index (χ1n) is 7.37. The van der Waals surface area contributed by atoms with Crippen LogP contribution in [0.2, 0.25) is 5.02 Å². The van der Waals surface area contributed by atoms with Gasteiger partial charge >= 0.3 is 0 Å². The first-order valence-corrected chi connectivity index (χ1v) is 7.74. The molecule has 0 fully saturated rings. The summed E-state index contributed by atoms with van der Waals surface area (Å²) in [5.41, 5.74) is 2.80. The van der Waals surface area contributed by atoms with Gasteiger partial charge in [0, 0.05) is 22.3 Å². The Hall–Kier alpha value is -2.20. The number of fused-ring (bicyclic) bond motifs is 1. The van der Waals surface area contributed by atoms with Crippen LogP contribution in [0.25, 0.3) is 0 Å². The highest BCUT2D eigenvalue weighted by molar-refractivity contribution is 6.31. The van der Waals surface area contributed by atoms with Gasteiger partial charge in [0.1, 0.15) is 11.5 Å². The summed E-state index contributed by atoms with van der Waals surface area (Å²) in [4.78, 5) is 14.4. The lowest BCUT2D eigenvalue weighted by Crippen LogP contribution is -2.27. The maximum absolute atomic E-state index is 12.6. The van der Waals surface area contributed by atoms with Crippen molar-refractivity contribution in [1.82, 2.24) is 0 Å². The monoisotopic (exact) mass is 331 g/mol. The normalized spacial score (nSPS) is 16.4. The van der Waals surface area contributed by atoms with Crippen molar-refractivity contribution in [2.75, 3.05) is 19.1 Å². The first kappa shape index (κ1) is 15.7. The highest BCUT2D eigenvalue weighted by Gasteiger charge is 2.34. The smallest absolute Gasteiger partial charge is 0.234 e. The Labute approximate surface area is 140 Å². The van der Waals surface area contributed by atoms with Crippen LogP contribution in [0.4, 0.5) is 5.69 Å². The van der Waals surface area contributed by atoms with Gasteiger partial charge in [0.15, 0.2) is 0 Å². The minimum absolute atomic E-state index is 0.0696. The molecule has 23 heavy (non-hydrogen) atoms. The lowest BCUT2D eigenvalue weighted by Gasteiger charge is -2.20. The zero-order chi connectivity index (χ0) is 16.6. The standard InChI is InChI=1S/C18H18ClNO3/c1-11-15-8-13(19)5-7-16(15)20(18(11)21)10-12-4-6-14(22-2)9-17(12)23-3/h4-9,11H,10H2,1-3H3. The second kappa shape index (κ2) is 6.13. The predicted molar refractivity (Wildman–Crippen MR) is 90.6 cm³/mol. The molecule has 1 heterocycles. The maximum atomic E-state index is 12.6. The third-order valence-corrected chi connectivity index (χ3v) is 4.44. The van der Waals surface area contributed by atoms with Crippen LogP contribution in [-0.4, -0.2) is 20.1 Å². The summed E-state index contributed by atoms with van der Waals surface area (Å²) in [6.07, 6.45) is 0. The largest absolute Gasteiger partial charge is 0.497 e. The van der Waals surface area contributed by atoms with Crippen molar-refractivity contribution in [2.45, 2.75) is 19.4 Å². The van der Waals surface area contributed by atoms with E-state index in [0.717, 1.165) is 22.6 Å². The Morgan fingerprint density at radius 3 is 2.61 bits per heavy atom. The average Bonchev–Trinajstić information content (AvgIpc) is 2.80. The van der Waals surface area contributed by atoms with Crippen LogP contribution in [-0.2, 0) is 11.3 Å². The Morgan fingerprint density at radius 2 is 1.91 bits per heavy atom. The van der Waals surface area contributed by atoms with Gasteiger partial charge in [-0.1, -0.05) is 11.6 Å². The SMILES string of the molecule is COc1ccc(CN2C(=O)C(C)c3cc(Cl)ccc32)c(OC)c1. The summed E-state index contributed by atoms with van der Waals surface area (Å²) >= 11 is 6.06. The van der Waals surface area contributed by atoms with E-state index in [4.69, 9.17) is 21.1 Å². The number of carbonyl (C=O) groups excluding carboxylic acids is 1. The van der Waals surface area contributed by atoms with Crippen LogP contribution in [0.1, 0.15) is 24.0 Å². The Balaban J connectivity index is 1.97. The molecule has 5 heteroatoms. The number of methoxy groups -OCH3 is 2. The van der Waals surface area contributed by atoms with Crippen LogP contribution in [0, 0.1) is 0 Å². The molecule has 0 saturated heterocycles. The molecule has 0 spiro atoms. The summed E-state index contributed by atoms with van der Waals surface area (Å²) in [5.74, 6) is 1.30. The number of benzene rings is 2. The van der Waals surface area contributed by atoms with E-state index < -0.39 is 0 Å². The van der Waals surface area contributed by atoms with E-state index in [-0.39, 0.29) is 11.8 Å². The molecule has 0 saturated carbocycles. The molecular formula is C18H18ClNO3. The highest BCUT2D eigenvalue weighted by atomic mass is 35.5. The third-order valence-electron chi connectivity index (χ3n) is 4.21. The molecule has 0 radical (unpaired) electrons. The quantitative estimate of drug-likeness (QED) is 0.849. The van der Waals surface area contributed by atoms with Crippen molar-refractivity contribution in [2.24, 2.45) is 0 Å². The predicted octanol–water partition coefficient (Wildman–Crippen LogP) is 4.01. The van der Waals surface area contributed by atoms with Gasteiger partial charge in [-0.05, 0) is 42.8 Å². The number of anilines is 1. The highest BCUT2D eigenvalue weighted by Crippen LogP contribution is 2.40.